The summed E-state index contributed by atoms with van der Waals surface area (Å²) < 4.78 is 5.62. The molecular formula is C21H26N2O2. The number of ether oxygens (including phenoxy) is 1. The van der Waals surface area contributed by atoms with Gasteiger partial charge in [-0.25, -0.2) is 4.79 Å². The third kappa shape index (κ3) is 4.60. The van der Waals surface area contributed by atoms with Crippen LogP contribution in [0.5, 0.6) is 5.75 Å². The predicted octanol–water partition coefficient (Wildman–Crippen LogP) is 4.90. The van der Waals surface area contributed by atoms with E-state index < -0.39 is 6.09 Å². The van der Waals surface area contributed by atoms with Gasteiger partial charge in [-0.15, -0.1) is 0 Å². The molecule has 0 radical (unpaired) electrons. The van der Waals surface area contributed by atoms with Crippen molar-refractivity contribution in [3.05, 3.63) is 59.2 Å². The summed E-state index contributed by atoms with van der Waals surface area (Å²) in [7, 11) is 0. The Morgan fingerprint density at radius 3 is 2.40 bits per heavy atom. The first-order chi connectivity index (χ1) is 12.1. The molecule has 1 aliphatic rings. The summed E-state index contributed by atoms with van der Waals surface area (Å²) >= 11 is 0. The van der Waals surface area contributed by atoms with Crippen molar-refractivity contribution in [3.8, 4) is 5.75 Å². The van der Waals surface area contributed by atoms with Crippen LogP contribution in [0.15, 0.2) is 42.5 Å². The van der Waals surface area contributed by atoms with Crippen LogP contribution in [0.25, 0.3) is 0 Å². The molecule has 1 fully saturated rings. The molecular weight excluding hydrogens is 312 g/mol. The number of hydrogen-bond donors (Lipinski definition) is 1. The Kier molecular flexibility index (Phi) is 5.71. The van der Waals surface area contributed by atoms with Crippen molar-refractivity contribution in [2.24, 2.45) is 0 Å². The molecule has 4 heteroatoms. The van der Waals surface area contributed by atoms with E-state index >= 15 is 0 Å². The third-order valence-electron chi connectivity index (χ3n) is 4.73. The van der Waals surface area contributed by atoms with E-state index in [4.69, 9.17) is 4.74 Å². The normalized spacial score (nSPS) is 15.0. The second-order valence-corrected chi connectivity index (χ2v) is 6.73. The molecule has 3 rings (SSSR count). The Morgan fingerprint density at radius 1 is 1.00 bits per heavy atom. The number of nitrogens with zero attached hydrogens (tertiary/aromatic N) is 1. The molecule has 0 spiro atoms. The molecule has 1 amide bonds. The Morgan fingerprint density at radius 2 is 1.68 bits per heavy atom. The standard InChI is InChI=1S/C21H26N2O2/c1-16-9-8-10-17(2)20(16)22-21(24)25-19-12-5-4-11-18(19)15-23-13-6-3-7-14-23/h4-5,8-12H,3,6-7,13-15H2,1-2H3,(H,22,24). The molecule has 0 bridgehead atoms. The molecule has 2 aromatic rings. The lowest BCUT2D eigenvalue weighted by Crippen LogP contribution is -2.29. The van der Waals surface area contributed by atoms with E-state index in [0.29, 0.717) is 5.75 Å². The number of carbonyl (C=O) groups is 1. The molecule has 132 valence electrons. The zero-order valence-corrected chi connectivity index (χ0v) is 15.0. The fourth-order valence-electron chi connectivity index (χ4n) is 3.33. The van der Waals surface area contributed by atoms with Crippen LogP contribution < -0.4 is 10.1 Å². The lowest BCUT2D eigenvalue weighted by Gasteiger charge is -2.27. The van der Waals surface area contributed by atoms with Crippen molar-refractivity contribution in [2.45, 2.75) is 39.7 Å². The van der Waals surface area contributed by atoms with Gasteiger partial charge in [0.1, 0.15) is 5.75 Å². The summed E-state index contributed by atoms with van der Waals surface area (Å²) in [5.41, 5.74) is 3.93. The maximum atomic E-state index is 12.4. The lowest BCUT2D eigenvalue weighted by molar-refractivity contribution is 0.207. The van der Waals surface area contributed by atoms with Gasteiger partial charge in [0, 0.05) is 17.8 Å². The number of piperidine rings is 1. The first-order valence-electron chi connectivity index (χ1n) is 8.99. The van der Waals surface area contributed by atoms with Crippen LogP contribution in [0.2, 0.25) is 0 Å². The smallest absolute Gasteiger partial charge is 0.410 e. The summed E-state index contributed by atoms with van der Waals surface area (Å²) in [6.07, 6.45) is 3.36. The zero-order chi connectivity index (χ0) is 17.6. The van der Waals surface area contributed by atoms with E-state index in [2.05, 4.69) is 10.2 Å². The van der Waals surface area contributed by atoms with E-state index in [9.17, 15) is 4.79 Å². The molecule has 4 nitrogen and oxygen atoms in total. The van der Waals surface area contributed by atoms with E-state index in [-0.39, 0.29) is 0 Å². The van der Waals surface area contributed by atoms with Crippen LogP contribution in [0, 0.1) is 13.8 Å². The SMILES string of the molecule is Cc1cccc(C)c1NC(=O)Oc1ccccc1CN1CCCCC1. The lowest BCUT2D eigenvalue weighted by atomic mass is 10.1. The maximum Gasteiger partial charge on any atom is 0.417 e. The van der Waals surface area contributed by atoms with Gasteiger partial charge in [-0.3, -0.25) is 10.2 Å². The summed E-state index contributed by atoms with van der Waals surface area (Å²) in [6.45, 7) is 7.01. The van der Waals surface area contributed by atoms with Crippen LogP contribution in [0.3, 0.4) is 0 Å². The Hall–Kier alpha value is -2.33. The molecule has 0 aliphatic carbocycles. The zero-order valence-electron chi connectivity index (χ0n) is 15.0. The second kappa shape index (κ2) is 8.17. The molecule has 0 atom stereocenters. The fourth-order valence-corrected chi connectivity index (χ4v) is 3.33. The van der Waals surface area contributed by atoms with Gasteiger partial charge in [-0.1, -0.05) is 42.8 Å². The van der Waals surface area contributed by atoms with E-state index in [1.165, 1.54) is 19.3 Å². The highest BCUT2D eigenvalue weighted by Crippen LogP contribution is 2.24. The molecule has 25 heavy (non-hydrogen) atoms. The van der Waals surface area contributed by atoms with Crippen molar-refractivity contribution in [1.82, 2.24) is 4.90 Å². The fraction of sp³-hybridized carbons (Fsp3) is 0.381. The molecule has 1 N–H and O–H groups in total. The van der Waals surface area contributed by atoms with E-state index in [1.807, 2.05) is 56.3 Å². The van der Waals surface area contributed by atoms with Crippen molar-refractivity contribution in [3.63, 3.8) is 0 Å². The quantitative estimate of drug-likeness (QED) is 0.862. The maximum absolute atomic E-state index is 12.4. The summed E-state index contributed by atoms with van der Waals surface area (Å²) in [5.74, 6) is 0.636. The highest BCUT2D eigenvalue weighted by Gasteiger charge is 2.15. The van der Waals surface area contributed by atoms with Crippen LogP contribution >= 0.6 is 0 Å². The minimum Gasteiger partial charge on any atom is -0.410 e. The van der Waals surface area contributed by atoms with Gasteiger partial charge in [0.2, 0.25) is 0 Å². The number of rotatable bonds is 4. The van der Waals surface area contributed by atoms with Crippen molar-refractivity contribution in [2.75, 3.05) is 18.4 Å². The van der Waals surface area contributed by atoms with Gasteiger partial charge >= 0.3 is 6.09 Å². The number of benzene rings is 2. The van der Waals surface area contributed by atoms with Gasteiger partial charge < -0.3 is 4.74 Å². The first-order valence-corrected chi connectivity index (χ1v) is 8.99. The largest absolute Gasteiger partial charge is 0.417 e. The molecule has 1 aliphatic heterocycles. The number of carbonyl (C=O) groups excluding carboxylic acids is 1. The first kappa shape index (κ1) is 17.5. The van der Waals surface area contributed by atoms with Gasteiger partial charge in [-0.05, 0) is 57.0 Å². The van der Waals surface area contributed by atoms with Gasteiger partial charge in [0.15, 0.2) is 0 Å². The third-order valence-corrected chi connectivity index (χ3v) is 4.73. The summed E-state index contributed by atoms with van der Waals surface area (Å²) in [4.78, 5) is 14.8. The van der Waals surface area contributed by atoms with E-state index in [0.717, 1.165) is 42.0 Å². The van der Waals surface area contributed by atoms with Crippen molar-refractivity contribution >= 4 is 11.8 Å². The average molecular weight is 338 g/mol. The van der Waals surface area contributed by atoms with Gasteiger partial charge in [-0.2, -0.15) is 0 Å². The number of para-hydroxylation sites is 2. The predicted molar refractivity (Wildman–Crippen MR) is 101 cm³/mol. The monoisotopic (exact) mass is 338 g/mol. The van der Waals surface area contributed by atoms with E-state index in [1.54, 1.807) is 0 Å². The number of aryl methyl sites for hydroxylation is 2. The molecule has 0 aromatic heterocycles. The van der Waals surface area contributed by atoms with Crippen LogP contribution in [-0.2, 0) is 6.54 Å². The second-order valence-electron chi connectivity index (χ2n) is 6.73. The Balaban J connectivity index is 1.69. The number of likely N-dealkylation sites (tertiary alicyclic amines) is 1. The van der Waals surface area contributed by atoms with Crippen molar-refractivity contribution < 1.29 is 9.53 Å². The highest BCUT2D eigenvalue weighted by atomic mass is 16.6. The molecule has 1 saturated heterocycles. The molecule has 2 aromatic carbocycles. The van der Waals surface area contributed by atoms with Crippen LogP contribution in [0.1, 0.15) is 36.0 Å². The summed E-state index contributed by atoms with van der Waals surface area (Å²) in [6, 6.07) is 13.7. The topological polar surface area (TPSA) is 41.6 Å². The van der Waals surface area contributed by atoms with Crippen LogP contribution in [0.4, 0.5) is 10.5 Å². The highest BCUT2D eigenvalue weighted by molar-refractivity contribution is 5.88. The molecule has 0 unspecified atom stereocenters. The molecule has 1 heterocycles. The van der Waals surface area contributed by atoms with Gasteiger partial charge in [0.25, 0.3) is 0 Å². The van der Waals surface area contributed by atoms with Crippen molar-refractivity contribution in [1.29, 1.82) is 0 Å². The Bertz CT molecular complexity index is 716. The average Bonchev–Trinajstić information content (AvgIpc) is 2.61. The number of amides is 1. The number of nitrogens with one attached hydrogen (secondary N) is 1. The number of hydrogen-bond acceptors (Lipinski definition) is 3. The Labute approximate surface area is 149 Å². The summed E-state index contributed by atoms with van der Waals surface area (Å²) in [5, 5.41) is 2.88. The number of anilines is 1. The van der Waals surface area contributed by atoms with Gasteiger partial charge in [0.05, 0.1) is 0 Å². The minimum atomic E-state index is -0.441. The van der Waals surface area contributed by atoms with Crippen LogP contribution in [-0.4, -0.2) is 24.1 Å². The molecule has 0 saturated carbocycles. The minimum absolute atomic E-state index is 0.441.